The molecule has 224 valence electrons. The predicted molar refractivity (Wildman–Crippen MR) is 154 cm³/mol. The molecule has 4 N–H and O–H groups in total. The minimum absolute atomic E-state index is 0.0335. The highest BCUT2D eigenvalue weighted by molar-refractivity contribution is 5.98. The molecule has 41 heavy (non-hydrogen) atoms. The Bertz CT molecular complexity index is 1180. The van der Waals surface area contributed by atoms with Crippen LogP contribution in [0, 0.1) is 18.6 Å². The molecule has 2 aromatic rings. The van der Waals surface area contributed by atoms with E-state index in [1.807, 2.05) is 13.8 Å². The van der Waals surface area contributed by atoms with Gasteiger partial charge in [-0.15, -0.1) is 0 Å². The van der Waals surface area contributed by atoms with Gasteiger partial charge in [0, 0.05) is 43.9 Å². The molecular weight excluding hydrogens is 530 g/mol. The van der Waals surface area contributed by atoms with Gasteiger partial charge in [-0.2, -0.15) is 0 Å². The van der Waals surface area contributed by atoms with Crippen molar-refractivity contribution >= 4 is 17.8 Å². The summed E-state index contributed by atoms with van der Waals surface area (Å²) in [4.78, 5) is 40.9. The third-order valence-corrected chi connectivity index (χ3v) is 7.06. The summed E-state index contributed by atoms with van der Waals surface area (Å²) in [5.41, 5.74) is 8.08. The molecule has 0 saturated carbocycles. The van der Waals surface area contributed by atoms with Crippen LogP contribution in [0.5, 0.6) is 0 Å². The number of nitrogens with one attached hydrogen (secondary N) is 2. The van der Waals surface area contributed by atoms with Crippen molar-refractivity contribution in [2.24, 2.45) is 5.73 Å². The van der Waals surface area contributed by atoms with E-state index in [0.717, 1.165) is 37.3 Å². The summed E-state index contributed by atoms with van der Waals surface area (Å²) in [6.45, 7) is 7.68. The van der Waals surface area contributed by atoms with Crippen molar-refractivity contribution in [2.75, 3.05) is 26.2 Å². The van der Waals surface area contributed by atoms with Gasteiger partial charge in [0.2, 0.25) is 5.91 Å². The number of nitrogens with zero attached hydrogens (tertiary/aromatic N) is 1. The fourth-order valence-electron chi connectivity index (χ4n) is 5.07. The van der Waals surface area contributed by atoms with Crippen LogP contribution in [-0.4, -0.2) is 67.1 Å². The van der Waals surface area contributed by atoms with E-state index in [4.69, 9.17) is 10.5 Å². The smallest absolute Gasteiger partial charge is 0.338 e. The van der Waals surface area contributed by atoms with Crippen LogP contribution in [0.15, 0.2) is 36.4 Å². The number of carbonyl (C=O) groups excluding carboxylic acids is 3. The van der Waals surface area contributed by atoms with Crippen molar-refractivity contribution in [3.05, 3.63) is 70.3 Å². The average molecular weight is 573 g/mol. The Labute approximate surface area is 241 Å². The number of esters is 1. The third kappa shape index (κ3) is 9.60. The minimum Gasteiger partial charge on any atom is -0.456 e. The summed E-state index contributed by atoms with van der Waals surface area (Å²) in [5.74, 6) is -2.44. The lowest BCUT2D eigenvalue weighted by Gasteiger charge is -2.27. The summed E-state index contributed by atoms with van der Waals surface area (Å²) in [7, 11) is 0. The molecule has 8 nitrogen and oxygen atoms in total. The molecule has 0 radical (unpaired) electrons. The quantitative estimate of drug-likeness (QED) is 0.314. The van der Waals surface area contributed by atoms with Gasteiger partial charge in [-0.3, -0.25) is 9.59 Å². The second-order valence-electron chi connectivity index (χ2n) is 10.7. The third-order valence-electron chi connectivity index (χ3n) is 7.06. The summed E-state index contributed by atoms with van der Waals surface area (Å²) in [6.07, 6.45) is 3.07. The van der Waals surface area contributed by atoms with Crippen LogP contribution in [0.4, 0.5) is 8.78 Å². The van der Waals surface area contributed by atoms with Gasteiger partial charge in [0.15, 0.2) is 0 Å². The van der Waals surface area contributed by atoms with Crippen molar-refractivity contribution in [1.29, 1.82) is 0 Å². The molecule has 2 aromatic carbocycles. The van der Waals surface area contributed by atoms with E-state index in [0.29, 0.717) is 37.2 Å². The number of rotatable bonds is 13. The van der Waals surface area contributed by atoms with Crippen LogP contribution in [0.3, 0.4) is 0 Å². The Morgan fingerprint density at radius 1 is 1.05 bits per heavy atom. The lowest BCUT2D eigenvalue weighted by Crippen LogP contribution is -2.51. The van der Waals surface area contributed by atoms with E-state index >= 15 is 0 Å². The van der Waals surface area contributed by atoms with Crippen LogP contribution in [-0.2, 0) is 16.0 Å². The largest absolute Gasteiger partial charge is 0.456 e. The van der Waals surface area contributed by atoms with Gasteiger partial charge in [0.1, 0.15) is 17.7 Å². The van der Waals surface area contributed by atoms with Gasteiger partial charge in [-0.1, -0.05) is 13.8 Å². The van der Waals surface area contributed by atoms with Crippen LogP contribution < -0.4 is 16.4 Å². The first-order valence-corrected chi connectivity index (χ1v) is 14.4. The molecule has 1 fully saturated rings. The first-order valence-electron chi connectivity index (χ1n) is 14.4. The van der Waals surface area contributed by atoms with Crippen molar-refractivity contribution in [1.82, 2.24) is 15.5 Å². The normalized spacial score (nSPS) is 16.8. The Morgan fingerprint density at radius 3 is 2.37 bits per heavy atom. The van der Waals surface area contributed by atoms with E-state index in [-0.39, 0.29) is 30.3 Å². The molecule has 1 aliphatic rings. The number of hydrogen-bond acceptors (Lipinski definition) is 6. The summed E-state index contributed by atoms with van der Waals surface area (Å²) in [5, 5.41) is 6.02. The molecule has 0 aliphatic carbocycles. The molecule has 1 saturated heterocycles. The zero-order valence-electron chi connectivity index (χ0n) is 24.2. The van der Waals surface area contributed by atoms with Gasteiger partial charge >= 0.3 is 5.97 Å². The average Bonchev–Trinajstić information content (AvgIpc) is 3.12. The second kappa shape index (κ2) is 15.6. The fourth-order valence-corrected chi connectivity index (χ4v) is 5.07. The van der Waals surface area contributed by atoms with Gasteiger partial charge < -0.3 is 26.0 Å². The summed E-state index contributed by atoms with van der Waals surface area (Å²) in [6, 6.07) is 6.73. The number of aryl methyl sites for hydroxylation is 1. The maximum Gasteiger partial charge on any atom is 0.338 e. The number of benzene rings is 2. The van der Waals surface area contributed by atoms with Crippen LogP contribution in [0.2, 0.25) is 0 Å². The SMILES string of the molecule is CCCN(CCC)C(=O)c1cc(C)cc(C(=O)O[C@H](CN[C@H]2CCCCNC2=O)[C@@H](N)Cc2cc(F)cc(F)c2)c1. The highest BCUT2D eigenvalue weighted by atomic mass is 19.1. The van der Waals surface area contributed by atoms with E-state index in [2.05, 4.69) is 10.6 Å². The van der Waals surface area contributed by atoms with Crippen molar-refractivity contribution in [3.8, 4) is 0 Å². The van der Waals surface area contributed by atoms with Crippen molar-refractivity contribution in [3.63, 3.8) is 0 Å². The highest BCUT2D eigenvalue weighted by Crippen LogP contribution is 2.17. The molecule has 0 aromatic heterocycles. The van der Waals surface area contributed by atoms with E-state index < -0.39 is 35.8 Å². The number of halogens is 2. The number of carbonyl (C=O) groups is 3. The van der Waals surface area contributed by atoms with Crippen molar-refractivity contribution < 1.29 is 27.9 Å². The monoisotopic (exact) mass is 572 g/mol. The molecule has 2 amide bonds. The lowest BCUT2D eigenvalue weighted by atomic mass is 10.0. The number of nitrogens with two attached hydrogens (primary N) is 1. The molecule has 3 atom stereocenters. The van der Waals surface area contributed by atoms with Gasteiger partial charge in [0.05, 0.1) is 11.6 Å². The topological polar surface area (TPSA) is 114 Å². The predicted octanol–water partition coefficient (Wildman–Crippen LogP) is 3.89. The van der Waals surface area contributed by atoms with Crippen LogP contribution >= 0.6 is 0 Å². The summed E-state index contributed by atoms with van der Waals surface area (Å²) >= 11 is 0. The Balaban J connectivity index is 1.83. The molecule has 10 heteroatoms. The fraction of sp³-hybridized carbons (Fsp3) is 0.516. The highest BCUT2D eigenvalue weighted by Gasteiger charge is 2.28. The zero-order chi connectivity index (χ0) is 29.9. The van der Waals surface area contributed by atoms with Gasteiger partial charge in [-0.25, -0.2) is 13.6 Å². The molecule has 3 rings (SSSR count). The van der Waals surface area contributed by atoms with Crippen LogP contribution in [0.25, 0.3) is 0 Å². The van der Waals surface area contributed by atoms with Gasteiger partial charge in [0.25, 0.3) is 5.91 Å². The first-order chi connectivity index (χ1) is 19.6. The molecule has 1 heterocycles. The number of ether oxygens (including phenoxy) is 1. The minimum atomic E-state index is -0.929. The molecule has 0 unspecified atom stereocenters. The maximum atomic E-state index is 13.8. The summed E-state index contributed by atoms with van der Waals surface area (Å²) < 4.78 is 33.5. The molecule has 1 aliphatic heterocycles. The number of amides is 2. The Hall–Kier alpha value is -3.37. The lowest BCUT2D eigenvalue weighted by molar-refractivity contribution is -0.122. The maximum absolute atomic E-state index is 13.8. The zero-order valence-corrected chi connectivity index (χ0v) is 24.2. The number of hydrogen-bond donors (Lipinski definition) is 3. The van der Waals surface area contributed by atoms with E-state index in [1.165, 1.54) is 18.2 Å². The first kappa shape index (κ1) is 32.1. The molecular formula is C31H42F2N4O4. The molecule has 0 spiro atoms. The Morgan fingerprint density at radius 2 is 1.71 bits per heavy atom. The Kier molecular flexibility index (Phi) is 12.2. The molecule has 0 bridgehead atoms. The van der Waals surface area contributed by atoms with Gasteiger partial charge in [-0.05, 0) is 86.9 Å². The van der Waals surface area contributed by atoms with E-state index in [9.17, 15) is 23.2 Å². The van der Waals surface area contributed by atoms with Crippen LogP contribution in [0.1, 0.15) is 77.8 Å². The second-order valence-corrected chi connectivity index (χ2v) is 10.7. The standard InChI is InChI=1S/C31H42F2N4O4/c1-4-10-37(11-5-2)30(39)22-12-20(3)13-23(17-22)31(40)41-28(19-36-27-8-6-7-9-35-29(27)38)26(34)16-21-14-24(32)18-25(33)15-21/h12-15,17-18,26-28,36H,4-11,16,19,34H2,1-3H3,(H,35,38)/t26-,27-,28+/m0/s1. The van der Waals surface area contributed by atoms with E-state index in [1.54, 1.807) is 24.0 Å². The van der Waals surface area contributed by atoms with Crippen molar-refractivity contribution in [2.45, 2.75) is 77.5 Å².